The Hall–Kier alpha value is -2.76. The molecule has 3 aromatic rings. The third-order valence-corrected chi connectivity index (χ3v) is 6.38. The minimum absolute atomic E-state index is 0.00928. The average Bonchev–Trinajstić information content (AvgIpc) is 3.51. The second-order valence-electron chi connectivity index (χ2n) is 7.90. The van der Waals surface area contributed by atoms with Gasteiger partial charge in [0.1, 0.15) is 18.5 Å². The maximum atomic E-state index is 13.8. The zero-order valence-electron chi connectivity index (χ0n) is 16.7. The van der Waals surface area contributed by atoms with Crippen molar-refractivity contribution in [3.8, 4) is 5.69 Å². The highest BCUT2D eigenvalue weighted by Crippen LogP contribution is 2.42. The molecule has 5 rings (SSSR count). The molecule has 0 bridgehead atoms. The summed E-state index contributed by atoms with van der Waals surface area (Å²) in [7, 11) is 0. The van der Waals surface area contributed by atoms with Crippen molar-refractivity contribution in [3.05, 3.63) is 83.1 Å². The van der Waals surface area contributed by atoms with Gasteiger partial charge in [0.05, 0.1) is 17.1 Å². The molecule has 1 atom stereocenters. The molecule has 1 aromatic heterocycles. The van der Waals surface area contributed by atoms with Gasteiger partial charge in [0.2, 0.25) is 11.8 Å². The number of fused-ring (bicyclic) bond motifs is 3. The maximum absolute atomic E-state index is 13.8. The molecule has 2 amide bonds. The van der Waals surface area contributed by atoms with E-state index in [0.29, 0.717) is 5.02 Å². The molecule has 1 saturated carbocycles. The lowest BCUT2D eigenvalue weighted by Crippen LogP contribution is -2.47. The first kappa shape index (κ1) is 20.2. The number of nitrogens with zero attached hydrogens (tertiary/aromatic N) is 3. The van der Waals surface area contributed by atoms with Crippen molar-refractivity contribution in [1.29, 1.82) is 0 Å². The number of hydrogen-bond acceptors (Lipinski definition) is 2. The van der Waals surface area contributed by atoms with Crippen LogP contribution in [0.4, 0.5) is 5.69 Å². The van der Waals surface area contributed by atoms with Crippen LogP contribution in [0, 0.1) is 0 Å². The number of hydrogen-bond donors (Lipinski definition) is 0. The Kier molecular flexibility index (Phi) is 5.24. The standard InChI is InChI=1S/C24H21Cl2N3O2/c25-14-22(30)28(18-11-12-18)15-23(31)29-20-5-2-1-4-19(20)27-13-3-6-21(27)24(29)16-7-9-17(26)10-8-16/h1-10,13,18,24H,11-12,14-15H2. The average molecular weight is 454 g/mol. The summed E-state index contributed by atoms with van der Waals surface area (Å²) in [5.41, 5.74) is 3.68. The summed E-state index contributed by atoms with van der Waals surface area (Å²) in [5, 5.41) is 0.640. The van der Waals surface area contributed by atoms with E-state index in [1.54, 1.807) is 4.90 Å². The van der Waals surface area contributed by atoms with Crippen LogP contribution in [0.1, 0.15) is 30.1 Å². The fraction of sp³-hybridized carbons (Fsp3) is 0.250. The highest BCUT2D eigenvalue weighted by Gasteiger charge is 2.39. The molecule has 7 heteroatoms. The smallest absolute Gasteiger partial charge is 0.247 e. The van der Waals surface area contributed by atoms with Gasteiger partial charge in [-0.05, 0) is 54.8 Å². The molecular formula is C24H21Cl2N3O2. The van der Waals surface area contributed by atoms with Gasteiger partial charge in [-0.3, -0.25) is 14.5 Å². The van der Waals surface area contributed by atoms with Crippen molar-refractivity contribution in [2.75, 3.05) is 17.3 Å². The highest BCUT2D eigenvalue weighted by molar-refractivity contribution is 6.30. The van der Waals surface area contributed by atoms with Crippen LogP contribution in [-0.2, 0) is 9.59 Å². The van der Waals surface area contributed by atoms with E-state index in [1.165, 1.54) is 0 Å². The third-order valence-electron chi connectivity index (χ3n) is 5.90. The van der Waals surface area contributed by atoms with Gasteiger partial charge in [0.15, 0.2) is 0 Å². The molecule has 5 nitrogen and oxygen atoms in total. The van der Waals surface area contributed by atoms with E-state index in [1.807, 2.05) is 71.8 Å². The van der Waals surface area contributed by atoms with Crippen LogP contribution in [-0.4, -0.2) is 39.7 Å². The van der Waals surface area contributed by atoms with Gasteiger partial charge < -0.3 is 9.47 Å². The Bertz CT molecular complexity index is 1140. The third kappa shape index (κ3) is 3.62. The SMILES string of the molecule is O=C(CCl)N(CC(=O)N1c2ccccc2-n2cccc2C1c1ccc(Cl)cc1)C1CC1. The summed E-state index contributed by atoms with van der Waals surface area (Å²) in [5.74, 6) is -0.455. The molecule has 1 aliphatic heterocycles. The summed E-state index contributed by atoms with van der Waals surface area (Å²) < 4.78 is 2.11. The summed E-state index contributed by atoms with van der Waals surface area (Å²) in [4.78, 5) is 29.6. The van der Waals surface area contributed by atoms with Gasteiger partial charge in [-0.2, -0.15) is 0 Å². The largest absolute Gasteiger partial charge is 0.329 e. The lowest BCUT2D eigenvalue weighted by Gasteiger charge is -2.39. The monoisotopic (exact) mass is 453 g/mol. The number of anilines is 1. The Morgan fingerprint density at radius 1 is 0.968 bits per heavy atom. The molecule has 1 unspecified atom stereocenters. The molecule has 0 saturated heterocycles. The number of para-hydroxylation sites is 2. The first-order chi connectivity index (χ1) is 15.1. The van der Waals surface area contributed by atoms with E-state index < -0.39 is 0 Å². The minimum atomic E-state index is -0.332. The maximum Gasteiger partial charge on any atom is 0.247 e. The molecule has 2 aromatic carbocycles. The van der Waals surface area contributed by atoms with Gasteiger partial charge in [0.25, 0.3) is 0 Å². The van der Waals surface area contributed by atoms with Crippen molar-refractivity contribution in [2.45, 2.75) is 24.9 Å². The zero-order valence-corrected chi connectivity index (χ0v) is 18.3. The quantitative estimate of drug-likeness (QED) is 0.521. The predicted molar refractivity (Wildman–Crippen MR) is 122 cm³/mol. The summed E-state index contributed by atoms with van der Waals surface area (Å²) in [6.07, 6.45) is 3.83. The van der Waals surface area contributed by atoms with Crippen molar-refractivity contribution < 1.29 is 9.59 Å². The molecular weight excluding hydrogens is 433 g/mol. The fourth-order valence-corrected chi connectivity index (χ4v) is 4.61. The number of amides is 2. The second kappa shape index (κ2) is 8.06. The van der Waals surface area contributed by atoms with Gasteiger partial charge in [-0.25, -0.2) is 0 Å². The Morgan fingerprint density at radius 2 is 1.68 bits per heavy atom. The number of rotatable bonds is 5. The van der Waals surface area contributed by atoms with Crippen molar-refractivity contribution in [1.82, 2.24) is 9.47 Å². The number of carbonyl (C=O) groups is 2. The van der Waals surface area contributed by atoms with E-state index in [4.69, 9.17) is 23.2 Å². The normalized spacial score (nSPS) is 17.1. The Morgan fingerprint density at radius 3 is 2.35 bits per heavy atom. The first-order valence-corrected chi connectivity index (χ1v) is 11.2. The van der Waals surface area contributed by atoms with Gasteiger partial charge in [-0.1, -0.05) is 35.9 Å². The Labute approximate surface area is 190 Å². The number of aromatic nitrogens is 1. The van der Waals surface area contributed by atoms with Crippen molar-refractivity contribution in [3.63, 3.8) is 0 Å². The fourth-order valence-electron chi connectivity index (χ4n) is 4.33. The van der Waals surface area contributed by atoms with E-state index in [9.17, 15) is 9.59 Å². The van der Waals surface area contributed by atoms with Gasteiger partial charge in [-0.15, -0.1) is 11.6 Å². The van der Waals surface area contributed by atoms with Crippen LogP contribution in [0.25, 0.3) is 5.69 Å². The first-order valence-electron chi connectivity index (χ1n) is 10.3. The second-order valence-corrected chi connectivity index (χ2v) is 8.60. The number of halogens is 2. The molecule has 0 spiro atoms. The molecule has 0 radical (unpaired) electrons. The number of benzene rings is 2. The molecule has 0 N–H and O–H groups in total. The van der Waals surface area contributed by atoms with Gasteiger partial charge >= 0.3 is 0 Å². The number of alkyl halides is 1. The van der Waals surface area contributed by atoms with Crippen LogP contribution in [0.15, 0.2) is 66.9 Å². The summed E-state index contributed by atoms with van der Waals surface area (Å²) >= 11 is 12.0. The molecule has 1 fully saturated rings. The Balaban J connectivity index is 1.60. The van der Waals surface area contributed by atoms with Crippen molar-refractivity contribution >= 4 is 40.7 Å². The van der Waals surface area contributed by atoms with Crippen LogP contribution in [0.3, 0.4) is 0 Å². The lowest BCUT2D eigenvalue weighted by atomic mass is 9.97. The van der Waals surface area contributed by atoms with Crippen molar-refractivity contribution in [2.24, 2.45) is 0 Å². The molecule has 158 valence electrons. The van der Waals surface area contributed by atoms with E-state index in [-0.39, 0.29) is 36.3 Å². The molecule has 31 heavy (non-hydrogen) atoms. The minimum Gasteiger partial charge on any atom is -0.329 e. The van der Waals surface area contributed by atoms with Crippen LogP contribution in [0.5, 0.6) is 0 Å². The van der Waals surface area contributed by atoms with E-state index in [2.05, 4.69) is 4.57 Å². The predicted octanol–water partition coefficient (Wildman–Crippen LogP) is 4.80. The number of carbonyl (C=O) groups excluding carboxylic acids is 2. The molecule has 2 aliphatic rings. The lowest BCUT2D eigenvalue weighted by molar-refractivity contribution is -0.133. The van der Waals surface area contributed by atoms with Crippen LogP contribution in [0.2, 0.25) is 5.02 Å². The topological polar surface area (TPSA) is 45.6 Å². The summed E-state index contributed by atoms with van der Waals surface area (Å²) in [6, 6.07) is 19.2. The zero-order chi connectivity index (χ0) is 21.5. The highest BCUT2D eigenvalue weighted by atomic mass is 35.5. The van der Waals surface area contributed by atoms with Crippen LogP contribution >= 0.6 is 23.2 Å². The van der Waals surface area contributed by atoms with Gasteiger partial charge in [0, 0.05) is 17.3 Å². The molecule has 2 heterocycles. The summed E-state index contributed by atoms with van der Waals surface area (Å²) in [6.45, 7) is 0.00928. The molecule has 1 aliphatic carbocycles. The van der Waals surface area contributed by atoms with E-state index >= 15 is 0 Å². The van der Waals surface area contributed by atoms with Crippen LogP contribution < -0.4 is 4.90 Å². The van der Waals surface area contributed by atoms with E-state index in [0.717, 1.165) is 35.5 Å².